The fraction of sp³-hybridized carbons (Fsp3) is 0.368. The Kier molecular flexibility index (Phi) is 4.18. The predicted octanol–water partition coefficient (Wildman–Crippen LogP) is 3.37. The second-order valence-corrected chi connectivity index (χ2v) is 6.29. The van der Waals surface area contributed by atoms with Crippen molar-refractivity contribution in [1.82, 2.24) is 0 Å². The number of hydrogen-bond acceptors (Lipinski definition) is 2. The number of carbonyl (C=O) groups is 2. The average Bonchev–Trinajstić information content (AvgIpc) is 3.09. The summed E-state index contributed by atoms with van der Waals surface area (Å²) in [5.41, 5.74) is 2.27. The fourth-order valence-corrected chi connectivity index (χ4v) is 3.80. The van der Waals surface area contributed by atoms with Crippen molar-refractivity contribution >= 4 is 11.8 Å². The van der Waals surface area contributed by atoms with Crippen LogP contribution in [0.3, 0.4) is 0 Å². The first-order chi connectivity index (χ1) is 11.1. The predicted molar refractivity (Wildman–Crippen MR) is 87.6 cm³/mol. The molecular formula is C19H22NO3+. The number of Topliss-reactive ketones (excluding diaryl/α,β-unsaturated/α-hetero) is 1. The molecule has 4 nitrogen and oxygen atoms in total. The molecule has 0 saturated carbocycles. The minimum Gasteiger partial charge on any atom is -0.481 e. The number of carboxylic acids is 1. The third-order valence-electron chi connectivity index (χ3n) is 4.98. The van der Waals surface area contributed by atoms with Gasteiger partial charge in [-0.15, -0.1) is 0 Å². The second kappa shape index (κ2) is 6.13. The average molecular weight is 312 g/mol. The first-order valence-electron chi connectivity index (χ1n) is 8.23. The van der Waals surface area contributed by atoms with E-state index < -0.39 is 11.9 Å². The van der Waals surface area contributed by atoms with Gasteiger partial charge in [0.25, 0.3) is 0 Å². The van der Waals surface area contributed by atoms with Crippen LogP contribution >= 0.6 is 0 Å². The zero-order valence-corrected chi connectivity index (χ0v) is 13.4. The quantitative estimate of drug-likeness (QED) is 0.647. The summed E-state index contributed by atoms with van der Waals surface area (Å²) in [5, 5.41) is 9.48. The van der Waals surface area contributed by atoms with Crippen LogP contribution in [0.25, 0.3) is 0 Å². The van der Waals surface area contributed by atoms with Crippen molar-refractivity contribution < 1.29 is 19.2 Å². The van der Waals surface area contributed by atoms with Gasteiger partial charge in [0, 0.05) is 24.1 Å². The Labute approximate surface area is 136 Å². The van der Waals surface area contributed by atoms with Crippen molar-refractivity contribution in [2.75, 3.05) is 13.1 Å². The third kappa shape index (κ3) is 2.53. The molecule has 120 valence electrons. The molecule has 0 spiro atoms. The van der Waals surface area contributed by atoms with E-state index in [0.717, 1.165) is 30.8 Å². The smallest absolute Gasteiger partial charge is 0.316 e. The Morgan fingerprint density at radius 3 is 2.61 bits per heavy atom. The summed E-state index contributed by atoms with van der Waals surface area (Å²) in [6.07, 6.45) is 6.32. The lowest BCUT2D eigenvalue weighted by atomic mass is 10.1. The molecule has 2 atom stereocenters. The van der Waals surface area contributed by atoms with Crippen LogP contribution in [0, 0.1) is 5.92 Å². The maximum absolute atomic E-state index is 13.0. The first kappa shape index (κ1) is 15.7. The van der Waals surface area contributed by atoms with Gasteiger partial charge in [0.15, 0.2) is 5.70 Å². The molecular weight excluding hydrogens is 290 g/mol. The highest BCUT2D eigenvalue weighted by atomic mass is 16.4. The van der Waals surface area contributed by atoms with E-state index in [1.54, 1.807) is 0 Å². The Morgan fingerprint density at radius 1 is 1.22 bits per heavy atom. The van der Waals surface area contributed by atoms with E-state index in [9.17, 15) is 14.7 Å². The van der Waals surface area contributed by atoms with E-state index in [-0.39, 0.29) is 5.78 Å². The number of ketones is 1. The molecule has 4 heteroatoms. The minimum absolute atomic E-state index is 0.0130. The Hall–Kier alpha value is -2.20. The summed E-state index contributed by atoms with van der Waals surface area (Å²) >= 11 is 0. The largest absolute Gasteiger partial charge is 0.481 e. The normalized spacial score (nSPS) is 25.7. The van der Waals surface area contributed by atoms with Gasteiger partial charge in [-0.1, -0.05) is 43.7 Å². The summed E-state index contributed by atoms with van der Waals surface area (Å²) in [4.78, 5) is 24.5. The van der Waals surface area contributed by atoms with Crippen molar-refractivity contribution in [2.24, 2.45) is 5.92 Å². The molecule has 1 fully saturated rings. The van der Waals surface area contributed by atoms with Crippen LogP contribution in [0.1, 0.15) is 36.5 Å². The van der Waals surface area contributed by atoms with Gasteiger partial charge in [0.2, 0.25) is 5.78 Å². The number of carbonyl (C=O) groups excluding carboxylic acids is 1. The summed E-state index contributed by atoms with van der Waals surface area (Å²) in [7, 11) is 0. The minimum atomic E-state index is -0.783. The number of nitrogens with zero attached hydrogens (tertiary/aromatic N) is 1. The van der Waals surface area contributed by atoms with Crippen LogP contribution < -0.4 is 0 Å². The lowest BCUT2D eigenvalue weighted by molar-refractivity contribution is -0.838. The number of unbranched alkanes of at least 4 members (excludes halogenated alkanes) is 1. The second-order valence-electron chi connectivity index (χ2n) is 6.29. The van der Waals surface area contributed by atoms with E-state index in [2.05, 4.69) is 6.92 Å². The summed E-state index contributed by atoms with van der Waals surface area (Å²) < 4.78 is 0.443. The van der Waals surface area contributed by atoms with Crippen molar-refractivity contribution in [2.45, 2.75) is 26.2 Å². The van der Waals surface area contributed by atoms with E-state index >= 15 is 0 Å². The van der Waals surface area contributed by atoms with Gasteiger partial charge < -0.3 is 5.11 Å². The Morgan fingerprint density at radius 2 is 1.96 bits per heavy atom. The number of rotatable bonds is 6. The molecule has 1 N–H and O–H groups in total. The van der Waals surface area contributed by atoms with Crippen molar-refractivity contribution in [3.8, 4) is 0 Å². The van der Waals surface area contributed by atoms with Gasteiger partial charge in [-0.2, -0.15) is 0 Å². The summed E-state index contributed by atoms with van der Waals surface area (Å²) in [6, 6.07) is 9.25. The topological polar surface area (TPSA) is 54.4 Å². The molecule has 0 amide bonds. The third-order valence-corrected chi connectivity index (χ3v) is 4.98. The van der Waals surface area contributed by atoms with Gasteiger partial charge in [0.1, 0.15) is 11.6 Å². The number of benzene rings is 1. The highest BCUT2D eigenvalue weighted by Gasteiger charge is 2.53. The van der Waals surface area contributed by atoms with Crippen LogP contribution in [-0.4, -0.2) is 34.4 Å². The number of allylic oxidation sites excluding steroid dienone is 3. The number of hydrogen-bond donors (Lipinski definition) is 1. The van der Waals surface area contributed by atoms with Crippen LogP contribution in [0.15, 0.2) is 53.9 Å². The zero-order chi connectivity index (χ0) is 16.4. The summed E-state index contributed by atoms with van der Waals surface area (Å²) in [5.74, 6) is -1.24. The zero-order valence-electron chi connectivity index (χ0n) is 13.4. The molecule has 23 heavy (non-hydrogen) atoms. The molecule has 2 heterocycles. The molecule has 2 aliphatic heterocycles. The van der Waals surface area contributed by atoms with Crippen LogP contribution in [0.4, 0.5) is 0 Å². The fourth-order valence-electron chi connectivity index (χ4n) is 3.80. The molecule has 0 bridgehead atoms. The SMILES string of the molecule is CCCC[N+]12CCC(C(=O)O)C1=CC=C2C(=O)c1ccccc1. The molecule has 0 radical (unpaired) electrons. The maximum atomic E-state index is 13.0. The molecule has 0 aromatic heterocycles. The van der Waals surface area contributed by atoms with E-state index in [1.165, 1.54) is 0 Å². The molecule has 1 aromatic rings. The van der Waals surface area contributed by atoms with Gasteiger partial charge >= 0.3 is 5.97 Å². The number of quaternary nitrogens is 1. The molecule has 1 saturated heterocycles. The van der Waals surface area contributed by atoms with Crippen molar-refractivity contribution in [3.63, 3.8) is 0 Å². The van der Waals surface area contributed by atoms with Gasteiger partial charge in [-0.3, -0.25) is 14.1 Å². The summed E-state index contributed by atoms with van der Waals surface area (Å²) in [6.45, 7) is 3.62. The van der Waals surface area contributed by atoms with Crippen molar-refractivity contribution in [1.29, 1.82) is 0 Å². The van der Waals surface area contributed by atoms with Crippen LogP contribution in [0.5, 0.6) is 0 Å². The number of fused-ring (bicyclic) bond motifs is 1. The Balaban J connectivity index is 1.96. The maximum Gasteiger partial charge on any atom is 0.316 e. The van der Waals surface area contributed by atoms with Crippen LogP contribution in [-0.2, 0) is 4.79 Å². The lowest BCUT2D eigenvalue weighted by Crippen LogP contribution is -2.45. The monoisotopic (exact) mass is 312 g/mol. The van der Waals surface area contributed by atoms with Gasteiger partial charge in [-0.25, -0.2) is 0 Å². The molecule has 2 aliphatic rings. The molecule has 1 aromatic carbocycles. The van der Waals surface area contributed by atoms with Crippen molar-refractivity contribution in [3.05, 3.63) is 59.4 Å². The van der Waals surface area contributed by atoms with Gasteiger partial charge in [0.05, 0.1) is 13.1 Å². The van der Waals surface area contributed by atoms with E-state index in [4.69, 9.17) is 0 Å². The standard InChI is InChI=1S/C19H21NO3/c1-2-3-12-20-13-11-15(19(22)23)16(20)9-10-17(20)18(21)14-7-5-4-6-8-14/h4-10,15H,2-3,11-13H2,1H3/p+1. The first-order valence-corrected chi connectivity index (χ1v) is 8.23. The highest BCUT2D eigenvalue weighted by Crippen LogP contribution is 2.45. The van der Waals surface area contributed by atoms with E-state index in [0.29, 0.717) is 23.0 Å². The van der Waals surface area contributed by atoms with Crippen LogP contribution in [0.2, 0.25) is 0 Å². The molecule has 0 aliphatic carbocycles. The molecule has 3 rings (SSSR count). The highest BCUT2D eigenvalue weighted by molar-refractivity contribution is 6.07. The number of carboxylic acid groups (broad SMARTS) is 1. The Bertz CT molecular complexity index is 690. The van der Waals surface area contributed by atoms with E-state index in [1.807, 2.05) is 42.5 Å². The molecule has 2 unspecified atom stereocenters. The van der Waals surface area contributed by atoms with Gasteiger partial charge in [-0.05, 0) is 6.42 Å². The lowest BCUT2D eigenvalue weighted by Gasteiger charge is -2.33. The number of aliphatic carboxylic acids is 1.